The molecule has 0 aliphatic rings. The molecule has 1 heterocycles. The van der Waals surface area contributed by atoms with Gasteiger partial charge in [0, 0.05) is 16.6 Å². The summed E-state index contributed by atoms with van der Waals surface area (Å²) in [5, 5.41) is 4.69. The highest BCUT2D eigenvalue weighted by Gasteiger charge is 2.25. The topological polar surface area (TPSA) is 44.1 Å². The van der Waals surface area contributed by atoms with Gasteiger partial charge >= 0.3 is 5.97 Å². The van der Waals surface area contributed by atoms with E-state index in [1.165, 1.54) is 0 Å². The van der Waals surface area contributed by atoms with Gasteiger partial charge in [-0.15, -0.1) is 0 Å². The third-order valence-electron chi connectivity index (χ3n) is 3.55. The van der Waals surface area contributed by atoms with Gasteiger partial charge < -0.3 is 4.74 Å². The van der Waals surface area contributed by atoms with E-state index >= 15 is 0 Å². The lowest BCUT2D eigenvalue weighted by Gasteiger charge is -2.15. The number of ether oxygens (including phenoxy) is 1. The summed E-state index contributed by atoms with van der Waals surface area (Å²) in [6.07, 6.45) is 0. The van der Waals surface area contributed by atoms with E-state index in [1.54, 1.807) is 11.6 Å². The number of halogens is 2. The molecule has 0 aliphatic carbocycles. The van der Waals surface area contributed by atoms with Gasteiger partial charge in [-0.25, -0.2) is 4.79 Å². The molecule has 0 fully saturated rings. The highest BCUT2D eigenvalue weighted by atomic mass is 79.9. The van der Waals surface area contributed by atoms with Crippen molar-refractivity contribution >= 4 is 33.5 Å². The standard InChI is InChI=1S/C17H20BrClN2O2/c1-5-21-16(14(19)15(20-21)17(22)23-6-2)12-8-7-11(18)9-13(12)10(3)4/h7-10H,5-6H2,1-4H3. The second-order valence-electron chi connectivity index (χ2n) is 5.43. The van der Waals surface area contributed by atoms with E-state index in [-0.39, 0.29) is 5.69 Å². The minimum Gasteiger partial charge on any atom is -0.461 e. The monoisotopic (exact) mass is 398 g/mol. The number of aryl methyl sites for hydroxylation is 1. The minimum atomic E-state index is -0.492. The summed E-state index contributed by atoms with van der Waals surface area (Å²) in [6.45, 7) is 8.88. The molecule has 6 heteroatoms. The first-order valence-corrected chi connectivity index (χ1v) is 8.80. The van der Waals surface area contributed by atoms with Crippen molar-refractivity contribution < 1.29 is 9.53 Å². The molecule has 1 aromatic carbocycles. The molecular weight excluding hydrogens is 380 g/mol. The molecule has 124 valence electrons. The molecule has 2 aromatic rings. The van der Waals surface area contributed by atoms with Crippen LogP contribution in [0.2, 0.25) is 5.02 Å². The van der Waals surface area contributed by atoms with E-state index in [0.717, 1.165) is 21.3 Å². The predicted octanol–water partition coefficient (Wildman–Crippen LogP) is 5.29. The van der Waals surface area contributed by atoms with Crippen LogP contribution in [-0.4, -0.2) is 22.4 Å². The van der Waals surface area contributed by atoms with Crippen molar-refractivity contribution in [3.8, 4) is 11.3 Å². The number of hydrogen-bond donors (Lipinski definition) is 0. The third kappa shape index (κ3) is 3.61. The van der Waals surface area contributed by atoms with Crippen LogP contribution in [0.5, 0.6) is 0 Å². The number of carbonyl (C=O) groups is 1. The van der Waals surface area contributed by atoms with Crippen LogP contribution in [0, 0.1) is 0 Å². The number of hydrogen-bond acceptors (Lipinski definition) is 3. The van der Waals surface area contributed by atoms with E-state index in [1.807, 2.05) is 19.1 Å². The lowest BCUT2D eigenvalue weighted by atomic mass is 9.95. The number of benzene rings is 1. The van der Waals surface area contributed by atoms with Gasteiger partial charge in [0.1, 0.15) is 5.02 Å². The molecule has 0 unspecified atom stereocenters. The largest absolute Gasteiger partial charge is 0.461 e. The van der Waals surface area contributed by atoms with Gasteiger partial charge in [-0.3, -0.25) is 4.68 Å². The van der Waals surface area contributed by atoms with Crippen LogP contribution in [0.3, 0.4) is 0 Å². The van der Waals surface area contributed by atoms with E-state index in [9.17, 15) is 4.79 Å². The molecule has 0 bridgehead atoms. The van der Waals surface area contributed by atoms with Crippen LogP contribution in [0.4, 0.5) is 0 Å². The Morgan fingerprint density at radius 2 is 2.09 bits per heavy atom. The average molecular weight is 400 g/mol. The van der Waals surface area contributed by atoms with Gasteiger partial charge in [-0.05, 0) is 37.5 Å². The number of nitrogens with zero attached hydrogens (tertiary/aromatic N) is 2. The highest BCUT2D eigenvalue weighted by molar-refractivity contribution is 9.10. The third-order valence-corrected chi connectivity index (χ3v) is 4.40. The van der Waals surface area contributed by atoms with Crippen LogP contribution in [0.15, 0.2) is 22.7 Å². The number of esters is 1. The minimum absolute atomic E-state index is 0.169. The first-order chi connectivity index (χ1) is 10.9. The van der Waals surface area contributed by atoms with Crippen molar-refractivity contribution in [2.45, 2.75) is 40.2 Å². The Hall–Kier alpha value is -1.33. The maximum Gasteiger partial charge on any atom is 0.360 e. The molecule has 0 aliphatic heterocycles. The maximum absolute atomic E-state index is 12.1. The summed E-state index contributed by atoms with van der Waals surface area (Å²) in [6, 6.07) is 6.05. The van der Waals surface area contributed by atoms with Gasteiger partial charge in [-0.1, -0.05) is 47.4 Å². The second kappa shape index (κ2) is 7.49. The van der Waals surface area contributed by atoms with Crippen LogP contribution in [0.1, 0.15) is 49.7 Å². The van der Waals surface area contributed by atoms with Crippen molar-refractivity contribution in [3.63, 3.8) is 0 Å². The fourth-order valence-corrected chi connectivity index (χ4v) is 3.18. The first-order valence-electron chi connectivity index (χ1n) is 7.63. The van der Waals surface area contributed by atoms with Crippen molar-refractivity contribution in [2.24, 2.45) is 0 Å². The molecule has 4 nitrogen and oxygen atoms in total. The summed E-state index contributed by atoms with van der Waals surface area (Å²) < 4.78 is 7.81. The Bertz CT molecular complexity index is 726. The molecule has 0 spiro atoms. The predicted molar refractivity (Wildman–Crippen MR) is 96.1 cm³/mol. The van der Waals surface area contributed by atoms with E-state index in [0.29, 0.717) is 24.1 Å². The van der Waals surface area contributed by atoms with Crippen molar-refractivity contribution in [1.82, 2.24) is 9.78 Å². The summed E-state index contributed by atoms with van der Waals surface area (Å²) in [4.78, 5) is 12.1. The molecule has 0 saturated carbocycles. The number of aromatic nitrogens is 2. The van der Waals surface area contributed by atoms with Crippen LogP contribution < -0.4 is 0 Å². The average Bonchev–Trinajstić information content (AvgIpc) is 2.84. The molecule has 0 saturated heterocycles. The number of rotatable bonds is 5. The van der Waals surface area contributed by atoms with E-state index in [4.69, 9.17) is 16.3 Å². The summed E-state index contributed by atoms with van der Waals surface area (Å²) in [7, 11) is 0. The first kappa shape index (κ1) is 18.0. The highest BCUT2D eigenvalue weighted by Crippen LogP contribution is 2.37. The van der Waals surface area contributed by atoms with Crippen molar-refractivity contribution in [3.05, 3.63) is 39.0 Å². The Morgan fingerprint density at radius 3 is 2.65 bits per heavy atom. The molecule has 0 amide bonds. The van der Waals surface area contributed by atoms with Gasteiger partial charge in [0.2, 0.25) is 0 Å². The van der Waals surface area contributed by atoms with Crippen molar-refractivity contribution in [2.75, 3.05) is 6.61 Å². The van der Waals surface area contributed by atoms with Gasteiger partial charge in [-0.2, -0.15) is 5.10 Å². The summed E-state index contributed by atoms with van der Waals surface area (Å²) in [5.41, 5.74) is 3.06. The van der Waals surface area contributed by atoms with Crippen molar-refractivity contribution in [1.29, 1.82) is 0 Å². The number of carbonyl (C=O) groups excluding carboxylic acids is 1. The second-order valence-corrected chi connectivity index (χ2v) is 6.73. The fourth-order valence-electron chi connectivity index (χ4n) is 2.48. The molecule has 2 rings (SSSR count). The van der Waals surface area contributed by atoms with Gasteiger partial charge in [0.15, 0.2) is 5.69 Å². The Labute approximate surface area is 149 Å². The lowest BCUT2D eigenvalue weighted by molar-refractivity contribution is 0.0518. The summed E-state index contributed by atoms with van der Waals surface area (Å²) >= 11 is 10.0. The zero-order valence-electron chi connectivity index (χ0n) is 13.7. The normalized spacial score (nSPS) is 11.1. The van der Waals surface area contributed by atoms with Gasteiger partial charge in [0.25, 0.3) is 0 Å². The fraction of sp³-hybridized carbons (Fsp3) is 0.412. The molecule has 1 aromatic heterocycles. The molecule has 0 radical (unpaired) electrons. The SMILES string of the molecule is CCOC(=O)c1nn(CC)c(-c2ccc(Br)cc2C(C)C)c1Cl. The molecule has 0 atom stereocenters. The molecule has 0 N–H and O–H groups in total. The Balaban J connectivity index is 2.66. The zero-order valence-corrected chi connectivity index (χ0v) is 16.0. The van der Waals surface area contributed by atoms with Crippen LogP contribution in [0.25, 0.3) is 11.3 Å². The molecular formula is C17H20BrClN2O2. The van der Waals surface area contributed by atoms with E-state index in [2.05, 4.69) is 40.9 Å². The summed E-state index contributed by atoms with van der Waals surface area (Å²) in [5.74, 6) is -0.182. The Morgan fingerprint density at radius 1 is 1.39 bits per heavy atom. The quantitative estimate of drug-likeness (QED) is 0.642. The smallest absolute Gasteiger partial charge is 0.360 e. The van der Waals surface area contributed by atoms with Crippen LogP contribution in [-0.2, 0) is 11.3 Å². The zero-order chi connectivity index (χ0) is 17.1. The van der Waals surface area contributed by atoms with Gasteiger partial charge in [0.05, 0.1) is 12.3 Å². The Kier molecular flexibility index (Phi) is 5.87. The molecule has 23 heavy (non-hydrogen) atoms. The maximum atomic E-state index is 12.1. The lowest BCUT2D eigenvalue weighted by Crippen LogP contribution is -2.07. The van der Waals surface area contributed by atoms with E-state index < -0.39 is 5.97 Å². The van der Waals surface area contributed by atoms with Crippen LogP contribution >= 0.6 is 27.5 Å².